The number of benzene rings is 1. The Morgan fingerprint density at radius 1 is 1.17 bits per heavy atom. The number of thiazole rings is 1. The molecular formula is C22H29N3O2S2. The second kappa shape index (κ2) is 9.47. The molecule has 1 aliphatic carbocycles. The average Bonchev–Trinajstić information content (AvgIpc) is 3.15. The maximum absolute atomic E-state index is 12.5. The van der Waals surface area contributed by atoms with E-state index in [0.29, 0.717) is 5.75 Å². The summed E-state index contributed by atoms with van der Waals surface area (Å²) in [6.07, 6.45) is 7.76. The predicted octanol–water partition coefficient (Wildman–Crippen LogP) is 5.17. The number of carbonyl (C=O) groups excluding carboxylic acids is 2. The Hall–Kier alpha value is -1.60. The van der Waals surface area contributed by atoms with Crippen molar-refractivity contribution < 1.29 is 9.59 Å². The minimum atomic E-state index is 0.143. The Labute approximate surface area is 180 Å². The summed E-state index contributed by atoms with van der Waals surface area (Å²) in [6, 6.07) is 5.89. The van der Waals surface area contributed by atoms with Gasteiger partial charge in [-0.1, -0.05) is 37.9 Å². The lowest BCUT2D eigenvalue weighted by Crippen LogP contribution is -2.38. The molecule has 0 radical (unpaired) electrons. The Morgan fingerprint density at radius 2 is 1.93 bits per heavy atom. The van der Waals surface area contributed by atoms with E-state index in [-0.39, 0.29) is 17.7 Å². The van der Waals surface area contributed by atoms with Gasteiger partial charge in [-0.3, -0.25) is 9.59 Å². The van der Waals surface area contributed by atoms with E-state index in [9.17, 15) is 9.59 Å². The SMILES string of the molecule is CC1CCN(C(=O)CSc2nc3ccc(NC(=O)C4CCCCC4)cc3s2)CC1. The second-order valence-electron chi connectivity index (χ2n) is 8.34. The second-order valence-corrected chi connectivity index (χ2v) is 10.6. The lowest BCUT2D eigenvalue weighted by molar-refractivity contribution is -0.129. The van der Waals surface area contributed by atoms with Gasteiger partial charge in [0, 0.05) is 24.7 Å². The number of carbonyl (C=O) groups is 2. The third-order valence-electron chi connectivity index (χ3n) is 6.07. The van der Waals surface area contributed by atoms with Gasteiger partial charge in [-0.2, -0.15) is 0 Å². The highest BCUT2D eigenvalue weighted by Crippen LogP contribution is 2.32. The number of piperidine rings is 1. The fraction of sp³-hybridized carbons (Fsp3) is 0.591. The van der Waals surface area contributed by atoms with E-state index in [1.54, 1.807) is 11.3 Å². The molecule has 2 aromatic rings. The van der Waals surface area contributed by atoms with Crippen LogP contribution in [0.1, 0.15) is 51.9 Å². The number of aromatic nitrogens is 1. The molecule has 0 bridgehead atoms. The molecule has 2 amide bonds. The number of anilines is 1. The van der Waals surface area contributed by atoms with Crippen LogP contribution >= 0.6 is 23.1 Å². The van der Waals surface area contributed by atoms with Crippen LogP contribution in [0.4, 0.5) is 5.69 Å². The number of hydrogen-bond acceptors (Lipinski definition) is 5. The van der Waals surface area contributed by atoms with Gasteiger partial charge < -0.3 is 10.2 Å². The minimum Gasteiger partial charge on any atom is -0.342 e. The summed E-state index contributed by atoms with van der Waals surface area (Å²) in [4.78, 5) is 31.6. The maximum atomic E-state index is 12.5. The number of nitrogens with one attached hydrogen (secondary N) is 1. The Morgan fingerprint density at radius 3 is 2.69 bits per heavy atom. The number of thioether (sulfide) groups is 1. The summed E-state index contributed by atoms with van der Waals surface area (Å²) in [7, 11) is 0. The molecule has 1 aromatic carbocycles. The summed E-state index contributed by atoms with van der Waals surface area (Å²) in [5, 5.41) is 3.08. The molecule has 1 aromatic heterocycles. The Kier molecular flexibility index (Phi) is 6.75. The van der Waals surface area contributed by atoms with Crippen molar-refractivity contribution in [2.45, 2.75) is 56.2 Å². The van der Waals surface area contributed by atoms with E-state index in [1.165, 1.54) is 18.2 Å². The van der Waals surface area contributed by atoms with Gasteiger partial charge in [0.15, 0.2) is 4.34 Å². The fourth-order valence-electron chi connectivity index (χ4n) is 4.12. The third-order valence-corrected chi connectivity index (χ3v) is 8.21. The molecule has 1 N–H and O–H groups in total. The number of rotatable bonds is 5. The van der Waals surface area contributed by atoms with Crippen LogP contribution < -0.4 is 5.32 Å². The van der Waals surface area contributed by atoms with E-state index in [2.05, 4.69) is 17.2 Å². The van der Waals surface area contributed by atoms with Gasteiger partial charge in [-0.25, -0.2) is 4.98 Å². The van der Waals surface area contributed by atoms with Gasteiger partial charge >= 0.3 is 0 Å². The maximum Gasteiger partial charge on any atom is 0.233 e. The van der Waals surface area contributed by atoms with Crippen molar-refractivity contribution in [3.8, 4) is 0 Å². The molecule has 156 valence electrons. The molecule has 2 heterocycles. The molecular weight excluding hydrogens is 402 g/mol. The molecule has 2 aliphatic rings. The predicted molar refractivity (Wildman–Crippen MR) is 121 cm³/mol. The first-order valence-electron chi connectivity index (χ1n) is 10.7. The van der Waals surface area contributed by atoms with Gasteiger partial charge in [-0.05, 0) is 49.8 Å². The zero-order valence-corrected chi connectivity index (χ0v) is 18.6. The van der Waals surface area contributed by atoms with Crippen molar-refractivity contribution >= 4 is 50.8 Å². The summed E-state index contributed by atoms with van der Waals surface area (Å²) in [5.41, 5.74) is 1.76. The molecule has 0 unspecified atom stereocenters. The van der Waals surface area contributed by atoms with Crippen LogP contribution in [-0.4, -0.2) is 40.5 Å². The van der Waals surface area contributed by atoms with E-state index in [0.717, 1.165) is 77.8 Å². The summed E-state index contributed by atoms with van der Waals surface area (Å²) in [5.74, 6) is 1.67. The van der Waals surface area contributed by atoms with Crippen LogP contribution in [0.2, 0.25) is 0 Å². The first-order valence-corrected chi connectivity index (χ1v) is 12.5. The molecule has 0 atom stereocenters. The van der Waals surface area contributed by atoms with Gasteiger partial charge in [0.2, 0.25) is 11.8 Å². The van der Waals surface area contributed by atoms with Gasteiger partial charge in [0.05, 0.1) is 16.0 Å². The number of nitrogens with zero attached hydrogens (tertiary/aromatic N) is 2. The molecule has 2 fully saturated rings. The number of likely N-dealkylation sites (tertiary alicyclic amines) is 1. The normalized spacial score (nSPS) is 18.9. The highest BCUT2D eigenvalue weighted by molar-refractivity contribution is 8.01. The lowest BCUT2D eigenvalue weighted by atomic mass is 9.88. The van der Waals surface area contributed by atoms with Gasteiger partial charge in [0.25, 0.3) is 0 Å². The number of amides is 2. The molecule has 5 nitrogen and oxygen atoms in total. The largest absolute Gasteiger partial charge is 0.342 e. The number of hydrogen-bond donors (Lipinski definition) is 1. The highest BCUT2D eigenvalue weighted by atomic mass is 32.2. The van der Waals surface area contributed by atoms with Gasteiger partial charge in [-0.15, -0.1) is 11.3 Å². The van der Waals surface area contributed by atoms with Crippen molar-refractivity contribution in [1.82, 2.24) is 9.88 Å². The summed E-state index contributed by atoms with van der Waals surface area (Å²) >= 11 is 3.11. The lowest BCUT2D eigenvalue weighted by Gasteiger charge is -2.30. The molecule has 1 saturated heterocycles. The van der Waals surface area contributed by atoms with Crippen molar-refractivity contribution in [3.05, 3.63) is 18.2 Å². The summed E-state index contributed by atoms with van der Waals surface area (Å²) < 4.78 is 1.96. The average molecular weight is 432 g/mol. The molecule has 29 heavy (non-hydrogen) atoms. The van der Waals surface area contributed by atoms with E-state index < -0.39 is 0 Å². The monoisotopic (exact) mass is 431 g/mol. The first kappa shape index (κ1) is 20.7. The standard InChI is InChI=1S/C22H29N3O2S2/c1-15-9-11-25(12-10-15)20(26)14-28-22-24-18-8-7-17(13-19(18)29-22)23-21(27)16-5-3-2-4-6-16/h7-8,13,15-16H,2-6,9-12,14H2,1H3,(H,23,27). The Balaban J connectivity index is 1.34. The topological polar surface area (TPSA) is 62.3 Å². The third kappa shape index (κ3) is 5.31. The van der Waals surface area contributed by atoms with Crippen molar-refractivity contribution in [3.63, 3.8) is 0 Å². The van der Waals surface area contributed by atoms with Crippen LogP contribution in [0.3, 0.4) is 0 Å². The first-order chi connectivity index (χ1) is 14.1. The smallest absolute Gasteiger partial charge is 0.233 e. The van der Waals surface area contributed by atoms with Gasteiger partial charge in [0.1, 0.15) is 0 Å². The minimum absolute atomic E-state index is 0.143. The van der Waals surface area contributed by atoms with Crippen molar-refractivity contribution in [2.24, 2.45) is 11.8 Å². The summed E-state index contributed by atoms with van der Waals surface area (Å²) in [6.45, 7) is 4.01. The zero-order valence-electron chi connectivity index (χ0n) is 17.0. The van der Waals surface area contributed by atoms with E-state index in [4.69, 9.17) is 0 Å². The van der Waals surface area contributed by atoms with E-state index >= 15 is 0 Å². The van der Waals surface area contributed by atoms with Crippen LogP contribution in [-0.2, 0) is 9.59 Å². The highest BCUT2D eigenvalue weighted by Gasteiger charge is 2.22. The Bertz CT molecular complexity index is 868. The quantitative estimate of drug-likeness (QED) is 0.664. The molecule has 7 heteroatoms. The van der Waals surface area contributed by atoms with Crippen LogP contribution in [0, 0.1) is 11.8 Å². The van der Waals surface area contributed by atoms with Crippen molar-refractivity contribution in [1.29, 1.82) is 0 Å². The molecule has 4 rings (SSSR count). The van der Waals surface area contributed by atoms with Crippen LogP contribution in [0.5, 0.6) is 0 Å². The molecule has 1 aliphatic heterocycles. The van der Waals surface area contributed by atoms with E-state index in [1.807, 2.05) is 23.1 Å². The van der Waals surface area contributed by atoms with Crippen molar-refractivity contribution in [2.75, 3.05) is 24.2 Å². The van der Waals surface area contributed by atoms with Crippen LogP contribution in [0.25, 0.3) is 10.2 Å². The zero-order chi connectivity index (χ0) is 20.2. The molecule has 1 saturated carbocycles. The number of fused-ring (bicyclic) bond motifs is 1. The fourth-order valence-corrected chi connectivity index (χ4v) is 6.14. The molecule has 0 spiro atoms. The van der Waals surface area contributed by atoms with Crippen LogP contribution in [0.15, 0.2) is 22.5 Å².